The van der Waals surface area contributed by atoms with Gasteiger partial charge in [0.1, 0.15) is 11.5 Å². The summed E-state index contributed by atoms with van der Waals surface area (Å²) in [4.78, 5) is 19.0. The van der Waals surface area contributed by atoms with Crippen LogP contribution in [0.25, 0.3) is 0 Å². The summed E-state index contributed by atoms with van der Waals surface area (Å²) < 4.78 is 13.4. The van der Waals surface area contributed by atoms with E-state index in [2.05, 4.69) is 34.6 Å². The molecule has 148 valence electrons. The van der Waals surface area contributed by atoms with Crippen LogP contribution in [0.3, 0.4) is 0 Å². The van der Waals surface area contributed by atoms with Crippen LogP contribution in [0, 0.1) is 11.7 Å². The maximum absolute atomic E-state index is 13.4. The van der Waals surface area contributed by atoms with Crippen LogP contribution >= 0.6 is 0 Å². The van der Waals surface area contributed by atoms with E-state index in [-0.39, 0.29) is 11.7 Å². The van der Waals surface area contributed by atoms with Crippen LogP contribution in [-0.4, -0.2) is 28.9 Å². The number of aromatic nitrogens is 1. The van der Waals surface area contributed by atoms with Crippen molar-refractivity contribution in [2.45, 2.75) is 19.3 Å². The molecule has 2 aromatic carbocycles. The van der Waals surface area contributed by atoms with Crippen molar-refractivity contribution in [1.29, 1.82) is 0 Å². The predicted molar refractivity (Wildman–Crippen MR) is 113 cm³/mol. The highest BCUT2D eigenvalue weighted by molar-refractivity contribution is 5.93. The van der Waals surface area contributed by atoms with E-state index in [0.717, 1.165) is 32.4 Å². The first kappa shape index (κ1) is 19.1. The minimum atomic E-state index is -0.307. The van der Waals surface area contributed by atoms with Crippen LogP contribution in [0.15, 0.2) is 72.9 Å². The number of likely N-dealkylation sites (tertiary alicyclic amines) is 1. The first-order chi connectivity index (χ1) is 14.2. The molecule has 0 unspecified atom stereocenters. The molecule has 1 amide bonds. The standard InChI is InChI=1S/C24H24FN3O/c25-20-7-4-8-21(16-20)27-22-9-12-26-23(17-22)24(29)28-13-10-19(11-14-28)15-18-5-2-1-3-6-18/h1-9,12,16-17,19H,10-11,13-15H2,(H,26,27). The normalized spacial score (nSPS) is 14.6. The van der Waals surface area contributed by atoms with Crippen molar-refractivity contribution < 1.29 is 9.18 Å². The minimum absolute atomic E-state index is 0.0500. The summed E-state index contributed by atoms with van der Waals surface area (Å²) in [5.74, 6) is 0.250. The Bertz CT molecular complexity index is 969. The van der Waals surface area contributed by atoms with Gasteiger partial charge in [-0.1, -0.05) is 36.4 Å². The van der Waals surface area contributed by atoms with E-state index in [1.54, 1.807) is 30.5 Å². The Morgan fingerprint density at radius 1 is 1.00 bits per heavy atom. The Kier molecular flexibility index (Phi) is 5.84. The predicted octanol–water partition coefficient (Wildman–Crippen LogP) is 5.06. The van der Waals surface area contributed by atoms with Gasteiger partial charge in [0.2, 0.25) is 0 Å². The summed E-state index contributed by atoms with van der Waals surface area (Å²) in [5, 5.41) is 3.13. The van der Waals surface area contributed by atoms with Crippen LogP contribution < -0.4 is 5.32 Å². The molecule has 0 radical (unpaired) electrons. The first-order valence-electron chi connectivity index (χ1n) is 9.99. The second-order valence-corrected chi connectivity index (χ2v) is 7.49. The summed E-state index contributed by atoms with van der Waals surface area (Å²) in [6.45, 7) is 1.50. The topological polar surface area (TPSA) is 45.2 Å². The van der Waals surface area contributed by atoms with E-state index in [4.69, 9.17) is 0 Å². The highest BCUT2D eigenvalue weighted by Crippen LogP contribution is 2.23. The van der Waals surface area contributed by atoms with Gasteiger partial charge in [-0.3, -0.25) is 9.78 Å². The van der Waals surface area contributed by atoms with Gasteiger partial charge in [0.05, 0.1) is 0 Å². The van der Waals surface area contributed by atoms with E-state index >= 15 is 0 Å². The fourth-order valence-corrected chi connectivity index (χ4v) is 3.81. The maximum Gasteiger partial charge on any atom is 0.272 e. The number of nitrogens with zero attached hydrogens (tertiary/aromatic N) is 2. The van der Waals surface area contributed by atoms with E-state index in [0.29, 0.717) is 23.0 Å². The van der Waals surface area contributed by atoms with E-state index in [1.807, 2.05) is 11.0 Å². The molecular formula is C24H24FN3O. The SMILES string of the molecule is O=C(c1cc(Nc2cccc(F)c2)ccn1)N1CCC(Cc2ccccc2)CC1. The highest BCUT2D eigenvalue weighted by atomic mass is 19.1. The van der Waals surface area contributed by atoms with E-state index in [1.165, 1.54) is 17.7 Å². The highest BCUT2D eigenvalue weighted by Gasteiger charge is 2.24. The molecule has 3 aromatic rings. The minimum Gasteiger partial charge on any atom is -0.355 e. The Labute approximate surface area is 170 Å². The lowest BCUT2D eigenvalue weighted by Gasteiger charge is -2.32. The summed E-state index contributed by atoms with van der Waals surface area (Å²) in [6.07, 6.45) is 4.68. The number of anilines is 2. The summed E-state index contributed by atoms with van der Waals surface area (Å²) >= 11 is 0. The second-order valence-electron chi connectivity index (χ2n) is 7.49. The van der Waals surface area contributed by atoms with Crippen LogP contribution in [-0.2, 0) is 6.42 Å². The largest absolute Gasteiger partial charge is 0.355 e. The van der Waals surface area contributed by atoms with Gasteiger partial charge in [-0.2, -0.15) is 0 Å². The lowest BCUT2D eigenvalue weighted by atomic mass is 9.90. The number of halogens is 1. The van der Waals surface area contributed by atoms with Gasteiger partial charge in [0.15, 0.2) is 0 Å². The number of piperidine rings is 1. The molecule has 1 N–H and O–H groups in total. The van der Waals surface area contributed by atoms with Crippen LogP contribution in [0.5, 0.6) is 0 Å². The lowest BCUT2D eigenvalue weighted by molar-refractivity contribution is 0.0684. The van der Waals surface area contributed by atoms with Crippen molar-refractivity contribution in [2.75, 3.05) is 18.4 Å². The monoisotopic (exact) mass is 389 g/mol. The molecule has 1 aromatic heterocycles. The number of nitrogens with one attached hydrogen (secondary N) is 1. The molecule has 1 fully saturated rings. The number of amides is 1. The van der Waals surface area contributed by atoms with Crippen molar-refractivity contribution in [3.05, 3.63) is 90.0 Å². The Hall–Kier alpha value is -3.21. The van der Waals surface area contributed by atoms with Gasteiger partial charge in [-0.05, 0) is 61.1 Å². The van der Waals surface area contributed by atoms with Crippen molar-refractivity contribution in [3.63, 3.8) is 0 Å². The van der Waals surface area contributed by atoms with Gasteiger partial charge in [-0.15, -0.1) is 0 Å². The number of hydrogen-bond donors (Lipinski definition) is 1. The molecule has 0 aliphatic carbocycles. The smallest absolute Gasteiger partial charge is 0.272 e. The van der Waals surface area contributed by atoms with Crippen molar-refractivity contribution in [2.24, 2.45) is 5.92 Å². The zero-order valence-electron chi connectivity index (χ0n) is 16.2. The molecule has 0 spiro atoms. The fraction of sp³-hybridized carbons (Fsp3) is 0.250. The number of carbonyl (C=O) groups is 1. The average molecular weight is 389 g/mol. The van der Waals surface area contributed by atoms with Gasteiger partial charge in [-0.25, -0.2) is 4.39 Å². The van der Waals surface area contributed by atoms with Crippen molar-refractivity contribution in [1.82, 2.24) is 9.88 Å². The summed E-state index contributed by atoms with van der Waals surface area (Å²) in [7, 11) is 0. The van der Waals surface area contributed by atoms with Crippen LogP contribution in [0.4, 0.5) is 15.8 Å². The number of rotatable bonds is 5. The van der Waals surface area contributed by atoms with Gasteiger partial charge >= 0.3 is 0 Å². The Balaban J connectivity index is 1.36. The van der Waals surface area contributed by atoms with Crippen molar-refractivity contribution in [3.8, 4) is 0 Å². The lowest BCUT2D eigenvalue weighted by Crippen LogP contribution is -2.39. The molecule has 2 heterocycles. The van der Waals surface area contributed by atoms with Crippen molar-refractivity contribution >= 4 is 17.3 Å². The average Bonchev–Trinajstić information content (AvgIpc) is 2.75. The molecule has 1 aliphatic rings. The molecule has 5 heteroatoms. The van der Waals surface area contributed by atoms with E-state index < -0.39 is 0 Å². The maximum atomic E-state index is 13.4. The molecule has 4 rings (SSSR count). The molecule has 0 saturated carbocycles. The molecule has 4 nitrogen and oxygen atoms in total. The Morgan fingerprint density at radius 2 is 1.76 bits per heavy atom. The zero-order chi connectivity index (χ0) is 20.1. The third-order valence-electron chi connectivity index (χ3n) is 5.36. The third kappa shape index (κ3) is 4.99. The molecule has 1 saturated heterocycles. The number of pyridine rings is 1. The molecular weight excluding hydrogens is 365 g/mol. The van der Waals surface area contributed by atoms with Crippen LogP contribution in [0.2, 0.25) is 0 Å². The summed E-state index contributed by atoms with van der Waals surface area (Å²) in [6, 6.07) is 20.2. The van der Waals surface area contributed by atoms with E-state index in [9.17, 15) is 9.18 Å². The number of carbonyl (C=O) groups excluding carboxylic acids is 1. The van der Waals surface area contributed by atoms with Crippen LogP contribution in [0.1, 0.15) is 28.9 Å². The molecule has 1 aliphatic heterocycles. The van der Waals surface area contributed by atoms with Gasteiger partial charge in [0, 0.05) is 30.7 Å². The number of benzene rings is 2. The molecule has 0 atom stereocenters. The quantitative estimate of drug-likeness (QED) is 0.663. The first-order valence-corrected chi connectivity index (χ1v) is 9.99. The molecule has 0 bridgehead atoms. The van der Waals surface area contributed by atoms with Gasteiger partial charge in [0.25, 0.3) is 5.91 Å². The second kappa shape index (κ2) is 8.86. The third-order valence-corrected chi connectivity index (χ3v) is 5.36. The van der Waals surface area contributed by atoms with Gasteiger partial charge < -0.3 is 10.2 Å². The summed E-state index contributed by atoms with van der Waals surface area (Å²) in [5.41, 5.74) is 3.12. The Morgan fingerprint density at radius 3 is 2.52 bits per heavy atom. The fourth-order valence-electron chi connectivity index (χ4n) is 3.81. The number of hydrogen-bond acceptors (Lipinski definition) is 3. The molecule has 29 heavy (non-hydrogen) atoms. The zero-order valence-corrected chi connectivity index (χ0v) is 16.2.